The number of amides is 1. The number of carbonyl (C=O) groups is 1. The fraction of sp³-hybridized carbons (Fsp3) is 0.438. The standard InChI is InChI=1S/C16H23N3O2/c1-3-4-15(17)16(20)19-11-9-18(10-12-19)13-5-7-14(21-2)8-6-13/h3,5-8,15H,1,4,9-12,17H2,2H3. The summed E-state index contributed by atoms with van der Waals surface area (Å²) in [6.07, 6.45) is 2.22. The zero-order valence-corrected chi connectivity index (χ0v) is 12.5. The van der Waals surface area contributed by atoms with Gasteiger partial charge in [0, 0.05) is 31.9 Å². The van der Waals surface area contributed by atoms with Crippen LogP contribution in [-0.2, 0) is 4.79 Å². The van der Waals surface area contributed by atoms with Gasteiger partial charge in [0.2, 0.25) is 5.91 Å². The summed E-state index contributed by atoms with van der Waals surface area (Å²) in [6, 6.07) is 7.52. The summed E-state index contributed by atoms with van der Waals surface area (Å²) in [5, 5.41) is 0. The Morgan fingerprint density at radius 3 is 2.48 bits per heavy atom. The topological polar surface area (TPSA) is 58.8 Å². The lowest BCUT2D eigenvalue weighted by molar-refractivity contribution is -0.132. The fourth-order valence-corrected chi connectivity index (χ4v) is 2.49. The molecule has 1 amide bonds. The van der Waals surface area contributed by atoms with Crippen molar-refractivity contribution in [2.75, 3.05) is 38.2 Å². The molecule has 0 aliphatic carbocycles. The van der Waals surface area contributed by atoms with E-state index < -0.39 is 6.04 Å². The second kappa shape index (κ2) is 7.13. The summed E-state index contributed by atoms with van der Waals surface area (Å²) in [6.45, 7) is 6.67. The van der Waals surface area contributed by atoms with E-state index >= 15 is 0 Å². The third-order valence-electron chi connectivity index (χ3n) is 3.77. The number of methoxy groups -OCH3 is 1. The highest BCUT2D eigenvalue weighted by atomic mass is 16.5. The van der Waals surface area contributed by atoms with E-state index in [1.807, 2.05) is 29.2 Å². The highest BCUT2D eigenvalue weighted by molar-refractivity contribution is 5.82. The molecule has 0 saturated carbocycles. The molecular weight excluding hydrogens is 266 g/mol. The third-order valence-corrected chi connectivity index (χ3v) is 3.77. The van der Waals surface area contributed by atoms with E-state index in [0.29, 0.717) is 19.5 Å². The molecule has 1 aromatic carbocycles. The smallest absolute Gasteiger partial charge is 0.239 e. The van der Waals surface area contributed by atoms with Gasteiger partial charge in [0.15, 0.2) is 0 Å². The molecule has 1 aliphatic rings. The molecule has 1 atom stereocenters. The molecule has 2 rings (SSSR count). The zero-order chi connectivity index (χ0) is 15.2. The molecule has 0 radical (unpaired) electrons. The van der Waals surface area contributed by atoms with Gasteiger partial charge in [-0.1, -0.05) is 6.08 Å². The van der Waals surface area contributed by atoms with Crippen molar-refractivity contribution in [1.82, 2.24) is 4.90 Å². The summed E-state index contributed by atoms with van der Waals surface area (Å²) in [5.74, 6) is 0.868. The molecule has 0 aromatic heterocycles. The zero-order valence-electron chi connectivity index (χ0n) is 12.5. The van der Waals surface area contributed by atoms with Gasteiger partial charge in [-0.2, -0.15) is 0 Å². The normalized spacial score (nSPS) is 16.5. The number of piperazine rings is 1. The number of nitrogens with two attached hydrogens (primary N) is 1. The Bertz CT molecular complexity index is 479. The van der Waals surface area contributed by atoms with Gasteiger partial charge in [-0.3, -0.25) is 4.79 Å². The van der Waals surface area contributed by atoms with Crippen molar-refractivity contribution in [3.05, 3.63) is 36.9 Å². The summed E-state index contributed by atoms with van der Waals surface area (Å²) >= 11 is 0. The first-order valence-corrected chi connectivity index (χ1v) is 7.20. The van der Waals surface area contributed by atoms with Crippen molar-refractivity contribution in [3.8, 4) is 5.75 Å². The van der Waals surface area contributed by atoms with Crippen molar-refractivity contribution in [2.45, 2.75) is 12.5 Å². The van der Waals surface area contributed by atoms with Gasteiger partial charge in [-0.15, -0.1) is 6.58 Å². The molecule has 21 heavy (non-hydrogen) atoms. The third kappa shape index (κ3) is 3.76. The van der Waals surface area contributed by atoms with E-state index in [4.69, 9.17) is 10.5 Å². The number of rotatable bonds is 5. The number of benzene rings is 1. The van der Waals surface area contributed by atoms with Gasteiger partial charge in [0.1, 0.15) is 5.75 Å². The summed E-state index contributed by atoms with van der Waals surface area (Å²) in [5.41, 5.74) is 7.00. The van der Waals surface area contributed by atoms with Crippen molar-refractivity contribution in [2.24, 2.45) is 5.73 Å². The maximum atomic E-state index is 12.1. The minimum Gasteiger partial charge on any atom is -0.497 e. The lowest BCUT2D eigenvalue weighted by atomic mass is 10.1. The number of ether oxygens (including phenoxy) is 1. The molecule has 0 spiro atoms. The molecule has 114 valence electrons. The van der Waals surface area contributed by atoms with Crippen LogP contribution in [0.5, 0.6) is 5.75 Å². The van der Waals surface area contributed by atoms with Crippen molar-refractivity contribution in [3.63, 3.8) is 0 Å². The Morgan fingerprint density at radius 2 is 1.95 bits per heavy atom. The van der Waals surface area contributed by atoms with Crippen molar-refractivity contribution in [1.29, 1.82) is 0 Å². The Balaban J connectivity index is 1.90. The molecule has 1 aromatic rings. The summed E-state index contributed by atoms with van der Waals surface area (Å²) in [7, 11) is 1.66. The molecule has 1 saturated heterocycles. The van der Waals surface area contributed by atoms with Crippen LogP contribution < -0.4 is 15.4 Å². The van der Waals surface area contributed by atoms with E-state index in [0.717, 1.165) is 24.5 Å². The Morgan fingerprint density at radius 1 is 1.33 bits per heavy atom. The van der Waals surface area contributed by atoms with Crippen molar-refractivity contribution >= 4 is 11.6 Å². The highest BCUT2D eigenvalue weighted by Crippen LogP contribution is 2.20. The molecule has 5 nitrogen and oxygen atoms in total. The monoisotopic (exact) mass is 289 g/mol. The van der Waals surface area contributed by atoms with Gasteiger partial charge in [-0.05, 0) is 30.7 Å². The number of hydrogen-bond acceptors (Lipinski definition) is 4. The van der Waals surface area contributed by atoms with Gasteiger partial charge in [0.25, 0.3) is 0 Å². The van der Waals surface area contributed by atoms with Crippen LogP contribution in [0.15, 0.2) is 36.9 Å². The van der Waals surface area contributed by atoms with E-state index in [1.54, 1.807) is 13.2 Å². The van der Waals surface area contributed by atoms with Gasteiger partial charge < -0.3 is 20.3 Å². The number of hydrogen-bond donors (Lipinski definition) is 1. The maximum absolute atomic E-state index is 12.1. The first kappa shape index (κ1) is 15.4. The van der Waals surface area contributed by atoms with Crippen LogP contribution in [0.25, 0.3) is 0 Å². The molecule has 1 unspecified atom stereocenters. The minimum absolute atomic E-state index is 0.0179. The molecule has 5 heteroatoms. The van der Waals surface area contributed by atoms with E-state index in [2.05, 4.69) is 11.5 Å². The fourth-order valence-electron chi connectivity index (χ4n) is 2.49. The lowest BCUT2D eigenvalue weighted by Crippen LogP contribution is -2.53. The SMILES string of the molecule is C=CCC(N)C(=O)N1CCN(c2ccc(OC)cc2)CC1. The number of anilines is 1. The van der Waals surface area contributed by atoms with Crippen LogP contribution in [-0.4, -0.2) is 50.1 Å². The van der Waals surface area contributed by atoms with E-state index in [9.17, 15) is 4.79 Å². The second-order valence-corrected chi connectivity index (χ2v) is 5.14. The van der Waals surface area contributed by atoms with E-state index in [-0.39, 0.29) is 5.91 Å². The van der Waals surface area contributed by atoms with Crippen LogP contribution in [0.2, 0.25) is 0 Å². The number of nitrogens with zero attached hydrogens (tertiary/aromatic N) is 2. The van der Waals surface area contributed by atoms with E-state index in [1.165, 1.54) is 0 Å². The Hall–Kier alpha value is -2.01. The van der Waals surface area contributed by atoms with Gasteiger partial charge >= 0.3 is 0 Å². The summed E-state index contributed by atoms with van der Waals surface area (Å²) < 4.78 is 5.16. The summed E-state index contributed by atoms with van der Waals surface area (Å²) in [4.78, 5) is 16.2. The van der Waals surface area contributed by atoms with Gasteiger partial charge in [0.05, 0.1) is 13.2 Å². The largest absolute Gasteiger partial charge is 0.497 e. The van der Waals surface area contributed by atoms with Crippen molar-refractivity contribution < 1.29 is 9.53 Å². The predicted octanol–water partition coefficient (Wildman–Crippen LogP) is 1.25. The van der Waals surface area contributed by atoms with Crippen LogP contribution >= 0.6 is 0 Å². The van der Waals surface area contributed by atoms with Gasteiger partial charge in [-0.25, -0.2) is 0 Å². The average molecular weight is 289 g/mol. The highest BCUT2D eigenvalue weighted by Gasteiger charge is 2.24. The van der Waals surface area contributed by atoms with Crippen LogP contribution in [0.1, 0.15) is 6.42 Å². The molecule has 2 N–H and O–H groups in total. The quantitative estimate of drug-likeness (QED) is 0.829. The number of carbonyl (C=O) groups excluding carboxylic acids is 1. The maximum Gasteiger partial charge on any atom is 0.239 e. The van der Waals surface area contributed by atoms with Crippen LogP contribution in [0, 0.1) is 0 Å². The minimum atomic E-state index is -0.463. The molecular formula is C16H23N3O2. The first-order chi connectivity index (χ1) is 10.2. The molecule has 1 aliphatic heterocycles. The molecule has 0 bridgehead atoms. The predicted molar refractivity (Wildman–Crippen MR) is 84.6 cm³/mol. The second-order valence-electron chi connectivity index (χ2n) is 5.14. The molecule has 1 fully saturated rings. The average Bonchev–Trinajstić information content (AvgIpc) is 2.54. The Labute approximate surface area is 126 Å². The van der Waals surface area contributed by atoms with Crippen LogP contribution in [0.3, 0.4) is 0 Å². The first-order valence-electron chi connectivity index (χ1n) is 7.20. The Kier molecular flexibility index (Phi) is 5.22. The lowest BCUT2D eigenvalue weighted by Gasteiger charge is -2.37. The molecule has 1 heterocycles. The van der Waals surface area contributed by atoms with Crippen LogP contribution in [0.4, 0.5) is 5.69 Å².